The third kappa shape index (κ3) is 3.47. The lowest BCUT2D eigenvalue weighted by molar-refractivity contribution is 0.765. The molecule has 0 aliphatic carbocycles. The highest BCUT2D eigenvalue weighted by atomic mass is 79.9. The van der Waals surface area contributed by atoms with Gasteiger partial charge in [-0.05, 0) is 35.7 Å². The smallest absolute Gasteiger partial charge is 0.0621 e. The van der Waals surface area contributed by atoms with Gasteiger partial charge in [-0.1, -0.05) is 39.7 Å². The van der Waals surface area contributed by atoms with Gasteiger partial charge in [0.25, 0.3) is 0 Å². The molecule has 0 saturated heterocycles. The molecule has 0 saturated carbocycles. The van der Waals surface area contributed by atoms with E-state index in [1.807, 2.05) is 18.2 Å². The van der Waals surface area contributed by atoms with E-state index in [4.69, 9.17) is 23.2 Å². The predicted octanol–water partition coefficient (Wildman–Crippen LogP) is 5.06. The standard InChI is InChI=1S/C14H12BrCl2N/c15-13-3-1-2-10(7-13)12(8-16)6-11-4-5-18-9-14(11)17/h1-5,7,9,12H,6,8H2. The van der Waals surface area contributed by atoms with E-state index in [0.29, 0.717) is 10.9 Å². The first-order chi connectivity index (χ1) is 8.70. The summed E-state index contributed by atoms with van der Waals surface area (Å²) in [6, 6.07) is 10.2. The minimum Gasteiger partial charge on any atom is -0.263 e. The Labute approximate surface area is 125 Å². The van der Waals surface area contributed by atoms with Crippen LogP contribution in [0.3, 0.4) is 0 Å². The van der Waals surface area contributed by atoms with Crippen LogP contribution >= 0.6 is 39.1 Å². The first kappa shape index (κ1) is 13.9. The molecule has 0 spiro atoms. The van der Waals surface area contributed by atoms with Gasteiger partial charge in [0.1, 0.15) is 0 Å². The summed E-state index contributed by atoms with van der Waals surface area (Å²) in [7, 11) is 0. The third-order valence-electron chi connectivity index (χ3n) is 2.83. The summed E-state index contributed by atoms with van der Waals surface area (Å²) in [6.45, 7) is 0. The highest BCUT2D eigenvalue weighted by Crippen LogP contribution is 2.27. The maximum atomic E-state index is 6.13. The van der Waals surface area contributed by atoms with E-state index in [0.717, 1.165) is 16.5 Å². The van der Waals surface area contributed by atoms with Crippen LogP contribution in [0.15, 0.2) is 47.2 Å². The Morgan fingerprint density at radius 3 is 2.78 bits per heavy atom. The summed E-state index contributed by atoms with van der Waals surface area (Å²) in [6.07, 6.45) is 4.25. The number of pyridine rings is 1. The van der Waals surface area contributed by atoms with Crippen molar-refractivity contribution in [1.29, 1.82) is 0 Å². The molecule has 1 aromatic heterocycles. The summed E-state index contributed by atoms with van der Waals surface area (Å²) in [5, 5.41) is 0.697. The number of hydrogen-bond acceptors (Lipinski definition) is 1. The van der Waals surface area contributed by atoms with Crippen LogP contribution in [-0.4, -0.2) is 10.9 Å². The zero-order valence-corrected chi connectivity index (χ0v) is 12.7. The molecule has 0 bridgehead atoms. The van der Waals surface area contributed by atoms with Gasteiger partial charge in [0.2, 0.25) is 0 Å². The summed E-state index contributed by atoms with van der Waals surface area (Å²) in [4.78, 5) is 3.99. The van der Waals surface area contributed by atoms with Gasteiger partial charge in [-0.25, -0.2) is 0 Å². The van der Waals surface area contributed by atoms with Crippen LogP contribution in [0.4, 0.5) is 0 Å². The van der Waals surface area contributed by atoms with Crippen molar-refractivity contribution in [2.24, 2.45) is 0 Å². The average Bonchev–Trinajstić information content (AvgIpc) is 2.38. The van der Waals surface area contributed by atoms with Gasteiger partial charge in [0.15, 0.2) is 0 Å². The van der Waals surface area contributed by atoms with E-state index in [9.17, 15) is 0 Å². The van der Waals surface area contributed by atoms with Crippen molar-refractivity contribution in [1.82, 2.24) is 4.98 Å². The molecule has 0 aliphatic heterocycles. The van der Waals surface area contributed by atoms with Crippen molar-refractivity contribution in [2.45, 2.75) is 12.3 Å². The van der Waals surface area contributed by atoms with Crippen LogP contribution in [0.1, 0.15) is 17.0 Å². The van der Waals surface area contributed by atoms with Crippen molar-refractivity contribution in [3.05, 3.63) is 63.3 Å². The van der Waals surface area contributed by atoms with Crippen LogP contribution in [-0.2, 0) is 6.42 Å². The molecule has 0 N–H and O–H groups in total. The average molecular weight is 345 g/mol. The van der Waals surface area contributed by atoms with E-state index < -0.39 is 0 Å². The number of halogens is 3. The zero-order chi connectivity index (χ0) is 13.0. The fourth-order valence-electron chi connectivity index (χ4n) is 1.86. The minimum absolute atomic E-state index is 0.254. The molecule has 1 atom stereocenters. The molecule has 1 heterocycles. The van der Waals surface area contributed by atoms with Crippen molar-refractivity contribution < 1.29 is 0 Å². The van der Waals surface area contributed by atoms with Gasteiger partial charge in [-0.2, -0.15) is 0 Å². The zero-order valence-electron chi connectivity index (χ0n) is 9.61. The molecule has 1 unspecified atom stereocenters. The van der Waals surface area contributed by atoms with E-state index in [-0.39, 0.29) is 5.92 Å². The quantitative estimate of drug-likeness (QED) is 0.706. The van der Waals surface area contributed by atoms with Crippen molar-refractivity contribution in [2.75, 3.05) is 5.88 Å². The second-order valence-electron chi connectivity index (χ2n) is 4.08. The SMILES string of the molecule is ClCC(Cc1ccncc1Cl)c1cccc(Br)c1. The largest absolute Gasteiger partial charge is 0.263 e. The van der Waals surface area contributed by atoms with Gasteiger partial charge < -0.3 is 0 Å². The number of nitrogens with zero attached hydrogens (tertiary/aromatic N) is 1. The van der Waals surface area contributed by atoms with E-state index in [2.05, 4.69) is 33.0 Å². The lowest BCUT2D eigenvalue weighted by atomic mass is 9.94. The van der Waals surface area contributed by atoms with E-state index in [1.54, 1.807) is 12.4 Å². The van der Waals surface area contributed by atoms with E-state index in [1.165, 1.54) is 5.56 Å². The van der Waals surface area contributed by atoms with E-state index >= 15 is 0 Å². The second-order valence-corrected chi connectivity index (χ2v) is 5.71. The topological polar surface area (TPSA) is 12.9 Å². The number of aromatic nitrogens is 1. The number of rotatable bonds is 4. The van der Waals surface area contributed by atoms with Gasteiger partial charge in [-0.15, -0.1) is 11.6 Å². The molecule has 0 aliphatic rings. The van der Waals surface area contributed by atoms with Crippen LogP contribution in [0, 0.1) is 0 Å². The Morgan fingerprint density at radius 2 is 2.11 bits per heavy atom. The van der Waals surface area contributed by atoms with Crippen molar-refractivity contribution >= 4 is 39.1 Å². The maximum Gasteiger partial charge on any atom is 0.0621 e. The van der Waals surface area contributed by atoms with Crippen LogP contribution in [0.2, 0.25) is 5.02 Å². The maximum absolute atomic E-state index is 6.13. The van der Waals surface area contributed by atoms with Crippen molar-refractivity contribution in [3.8, 4) is 0 Å². The fraction of sp³-hybridized carbons (Fsp3) is 0.214. The molecule has 1 nitrogen and oxygen atoms in total. The van der Waals surface area contributed by atoms with Crippen LogP contribution in [0.25, 0.3) is 0 Å². The third-order valence-corrected chi connectivity index (χ3v) is 4.04. The molecule has 1 aromatic carbocycles. The number of hydrogen-bond donors (Lipinski definition) is 0. The number of benzene rings is 1. The highest BCUT2D eigenvalue weighted by molar-refractivity contribution is 9.10. The summed E-state index contributed by atoms with van der Waals surface area (Å²) in [5.74, 6) is 0.818. The Morgan fingerprint density at radius 1 is 1.28 bits per heavy atom. The first-order valence-electron chi connectivity index (χ1n) is 5.60. The molecule has 0 radical (unpaired) electrons. The molecule has 2 aromatic rings. The van der Waals surface area contributed by atoms with Crippen molar-refractivity contribution in [3.63, 3.8) is 0 Å². The van der Waals surface area contributed by atoms with Gasteiger partial charge in [0, 0.05) is 28.7 Å². The Balaban J connectivity index is 2.23. The monoisotopic (exact) mass is 343 g/mol. The Bertz CT molecular complexity index is 531. The van der Waals surface area contributed by atoms with Gasteiger partial charge in [0.05, 0.1) is 5.02 Å². The second kappa shape index (κ2) is 6.55. The van der Waals surface area contributed by atoms with Gasteiger partial charge >= 0.3 is 0 Å². The molecule has 2 rings (SSSR count). The lowest BCUT2D eigenvalue weighted by Crippen LogP contribution is -2.05. The normalized spacial score (nSPS) is 12.4. The lowest BCUT2D eigenvalue weighted by Gasteiger charge is -2.15. The minimum atomic E-state index is 0.254. The molecule has 4 heteroatoms. The Hall–Kier alpha value is -0.570. The number of alkyl halides is 1. The molecular formula is C14H12BrCl2N. The first-order valence-corrected chi connectivity index (χ1v) is 7.31. The molecular weight excluding hydrogens is 333 g/mol. The molecule has 0 amide bonds. The summed E-state index contributed by atoms with van der Waals surface area (Å²) >= 11 is 15.7. The van der Waals surface area contributed by atoms with Gasteiger partial charge in [-0.3, -0.25) is 4.98 Å². The fourth-order valence-corrected chi connectivity index (χ4v) is 2.76. The predicted molar refractivity (Wildman–Crippen MR) is 80.6 cm³/mol. The van der Waals surface area contributed by atoms with Crippen LogP contribution < -0.4 is 0 Å². The Kier molecular flexibility index (Phi) is 5.04. The summed E-state index contributed by atoms with van der Waals surface area (Å²) in [5.41, 5.74) is 2.30. The summed E-state index contributed by atoms with van der Waals surface area (Å²) < 4.78 is 1.07. The molecule has 18 heavy (non-hydrogen) atoms. The molecule has 94 valence electrons. The molecule has 0 fully saturated rings. The van der Waals surface area contributed by atoms with Crippen LogP contribution in [0.5, 0.6) is 0 Å². The highest BCUT2D eigenvalue weighted by Gasteiger charge is 2.13.